The standard InChI is InChI=1S/C18H12N2O3/c19-11-13-7-5-12(6-8-13)9-14(10-17(21)22)18-20-15-3-1-2-4-16(15)23-18/h1-9H,10H2,(H,21,22)/b14-9+. The molecule has 0 saturated heterocycles. The van der Waals surface area contributed by atoms with Gasteiger partial charge in [0.2, 0.25) is 5.89 Å². The van der Waals surface area contributed by atoms with Crippen LogP contribution in [0.15, 0.2) is 52.9 Å². The highest BCUT2D eigenvalue weighted by atomic mass is 16.4. The van der Waals surface area contributed by atoms with Gasteiger partial charge >= 0.3 is 5.97 Å². The molecule has 0 saturated carbocycles. The third-order valence-corrected chi connectivity index (χ3v) is 3.29. The average molecular weight is 304 g/mol. The lowest BCUT2D eigenvalue weighted by Crippen LogP contribution is -1.97. The number of carboxylic acid groups (broad SMARTS) is 1. The smallest absolute Gasteiger partial charge is 0.308 e. The lowest BCUT2D eigenvalue weighted by molar-refractivity contribution is -0.135. The fraction of sp³-hybridized carbons (Fsp3) is 0.0556. The van der Waals surface area contributed by atoms with E-state index in [4.69, 9.17) is 14.8 Å². The van der Waals surface area contributed by atoms with Crippen molar-refractivity contribution in [2.75, 3.05) is 0 Å². The summed E-state index contributed by atoms with van der Waals surface area (Å²) in [4.78, 5) is 15.5. The third-order valence-electron chi connectivity index (χ3n) is 3.29. The zero-order chi connectivity index (χ0) is 16.2. The lowest BCUT2D eigenvalue weighted by atomic mass is 10.1. The first-order chi connectivity index (χ1) is 11.2. The number of carbonyl (C=O) groups is 1. The van der Waals surface area contributed by atoms with E-state index >= 15 is 0 Å². The Morgan fingerprint density at radius 1 is 1.22 bits per heavy atom. The molecule has 0 spiro atoms. The number of nitrogens with zero attached hydrogens (tertiary/aromatic N) is 2. The number of rotatable bonds is 4. The predicted molar refractivity (Wildman–Crippen MR) is 85.3 cm³/mol. The van der Waals surface area contributed by atoms with Crippen LogP contribution in [0.2, 0.25) is 0 Å². The summed E-state index contributed by atoms with van der Waals surface area (Å²) in [6, 6.07) is 16.2. The van der Waals surface area contributed by atoms with E-state index in [0.717, 1.165) is 5.56 Å². The molecule has 5 heteroatoms. The van der Waals surface area contributed by atoms with Crippen molar-refractivity contribution in [2.45, 2.75) is 6.42 Å². The molecule has 0 radical (unpaired) electrons. The summed E-state index contributed by atoms with van der Waals surface area (Å²) in [7, 11) is 0. The van der Waals surface area contributed by atoms with Crippen molar-refractivity contribution in [1.82, 2.24) is 4.98 Å². The second-order valence-electron chi connectivity index (χ2n) is 4.96. The van der Waals surface area contributed by atoms with Gasteiger partial charge in [0.1, 0.15) is 5.52 Å². The number of para-hydroxylation sites is 2. The maximum absolute atomic E-state index is 11.1. The summed E-state index contributed by atoms with van der Waals surface area (Å²) >= 11 is 0. The summed E-state index contributed by atoms with van der Waals surface area (Å²) in [5.74, 6) is -0.676. The van der Waals surface area contributed by atoms with Crippen LogP contribution < -0.4 is 0 Å². The molecular weight excluding hydrogens is 292 g/mol. The van der Waals surface area contributed by atoms with E-state index in [2.05, 4.69) is 4.98 Å². The molecule has 1 aromatic heterocycles. The molecule has 0 bridgehead atoms. The molecule has 0 amide bonds. The van der Waals surface area contributed by atoms with Gasteiger partial charge in [0.05, 0.1) is 18.1 Å². The van der Waals surface area contributed by atoms with Crippen LogP contribution in [0.3, 0.4) is 0 Å². The molecule has 0 aliphatic heterocycles. The van der Waals surface area contributed by atoms with Crippen LogP contribution in [0.4, 0.5) is 0 Å². The molecule has 0 aliphatic rings. The summed E-state index contributed by atoms with van der Waals surface area (Å²) in [5, 5.41) is 17.9. The molecule has 2 aromatic carbocycles. The monoisotopic (exact) mass is 304 g/mol. The average Bonchev–Trinajstić information content (AvgIpc) is 2.98. The van der Waals surface area contributed by atoms with Crippen molar-refractivity contribution in [3.63, 3.8) is 0 Å². The number of hydrogen-bond acceptors (Lipinski definition) is 4. The Labute approximate surface area is 132 Å². The quantitative estimate of drug-likeness (QED) is 0.793. The molecule has 0 atom stereocenters. The van der Waals surface area contributed by atoms with E-state index in [1.54, 1.807) is 36.4 Å². The largest absolute Gasteiger partial charge is 0.481 e. The van der Waals surface area contributed by atoms with Crippen LogP contribution >= 0.6 is 0 Å². The number of aliphatic carboxylic acids is 1. The molecule has 1 heterocycles. The number of nitriles is 1. The number of aromatic nitrogens is 1. The Balaban J connectivity index is 2.04. The van der Waals surface area contributed by atoms with Crippen LogP contribution in [0.5, 0.6) is 0 Å². The van der Waals surface area contributed by atoms with Crippen molar-refractivity contribution >= 4 is 28.7 Å². The van der Waals surface area contributed by atoms with Crippen molar-refractivity contribution < 1.29 is 14.3 Å². The first-order valence-corrected chi connectivity index (χ1v) is 6.94. The van der Waals surface area contributed by atoms with E-state index in [-0.39, 0.29) is 12.3 Å². The van der Waals surface area contributed by atoms with E-state index < -0.39 is 5.97 Å². The maximum Gasteiger partial charge on any atom is 0.308 e. The predicted octanol–water partition coefficient (Wildman–Crippen LogP) is 3.71. The molecule has 112 valence electrons. The van der Waals surface area contributed by atoms with Crippen molar-refractivity contribution in [2.24, 2.45) is 0 Å². The summed E-state index contributed by atoms with van der Waals surface area (Å²) < 4.78 is 5.65. The molecule has 0 unspecified atom stereocenters. The van der Waals surface area contributed by atoms with Crippen LogP contribution in [-0.4, -0.2) is 16.1 Å². The minimum Gasteiger partial charge on any atom is -0.481 e. The van der Waals surface area contributed by atoms with Crippen molar-refractivity contribution in [3.8, 4) is 6.07 Å². The molecule has 0 fully saturated rings. The highest BCUT2D eigenvalue weighted by Crippen LogP contribution is 2.25. The Morgan fingerprint density at radius 2 is 1.96 bits per heavy atom. The van der Waals surface area contributed by atoms with Crippen LogP contribution in [-0.2, 0) is 4.79 Å². The number of oxazole rings is 1. The summed E-state index contributed by atoms with van der Waals surface area (Å²) in [5.41, 5.74) is 3.09. The van der Waals surface area contributed by atoms with Gasteiger partial charge in [0, 0.05) is 5.57 Å². The zero-order valence-electron chi connectivity index (χ0n) is 12.1. The van der Waals surface area contributed by atoms with E-state index in [9.17, 15) is 4.79 Å². The second-order valence-corrected chi connectivity index (χ2v) is 4.96. The topological polar surface area (TPSA) is 87.1 Å². The normalized spacial score (nSPS) is 11.3. The fourth-order valence-corrected chi connectivity index (χ4v) is 2.22. The van der Waals surface area contributed by atoms with Crippen LogP contribution in [0.1, 0.15) is 23.4 Å². The summed E-state index contributed by atoms with van der Waals surface area (Å²) in [6.07, 6.45) is 1.51. The SMILES string of the molecule is N#Cc1ccc(/C=C(\CC(=O)O)c2nc3ccccc3o2)cc1. The van der Waals surface area contributed by atoms with Gasteiger partial charge in [-0.2, -0.15) is 5.26 Å². The van der Waals surface area contributed by atoms with Gasteiger partial charge in [0.15, 0.2) is 5.58 Å². The van der Waals surface area contributed by atoms with E-state index in [0.29, 0.717) is 22.2 Å². The highest BCUT2D eigenvalue weighted by Gasteiger charge is 2.14. The number of hydrogen-bond donors (Lipinski definition) is 1. The molecule has 5 nitrogen and oxygen atoms in total. The number of fused-ring (bicyclic) bond motifs is 1. The Kier molecular flexibility index (Phi) is 3.89. The molecule has 3 rings (SSSR count). The van der Waals surface area contributed by atoms with Gasteiger partial charge in [-0.05, 0) is 35.9 Å². The molecule has 1 N–H and O–H groups in total. The first kappa shape index (κ1) is 14.5. The molecule has 23 heavy (non-hydrogen) atoms. The van der Waals surface area contributed by atoms with Gasteiger partial charge in [-0.15, -0.1) is 0 Å². The Bertz CT molecular complexity index is 898. The Hall–Kier alpha value is -3.39. The van der Waals surface area contributed by atoms with Crippen LogP contribution in [0.25, 0.3) is 22.7 Å². The van der Waals surface area contributed by atoms with Gasteiger partial charge < -0.3 is 9.52 Å². The van der Waals surface area contributed by atoms with E-state index in [1.165, 1.54) is 0 Å². The number of benzene rings is 2. The van der Waals surface area contributed by atoms with Crippen LogP contribution in [0, 0.1) is 11.3 Å². The molecule has 0 aliphatic carbocycles. The van der Waals surface area contributed by atoms with Gasteiger partial charge in [-0.1, -0.05) is 24.3 Å². The number of carboxylic acids is 1. The molecule has 3 aromatic rings. The van der Waals surface area contributed by atoms with Gasteiger partial charge in [-0.25, -0.2) is 4.98 Å². The Morgan fingerprint density at radius 3 is 2.61 bits per heavy atom. The minimum atomic E-state index is -0.966. The van der Waals surface area contributed by atoms with Crippen molar-refractivity contribution in [1.29, 1.82) is 5.26 Å². The highest BCUT2D eigenvalue weighted by molar-refractivity contribution is 5.90. The van der Waals surface area contributed by atoms with E-state index in [1.807, 2.05) is 24.3 Å². The zero-order valence-corrected chi connectivity index (χ0v) is 12.1. The summed E-state index contributed by atoms with van der Waals surface area (Å²) in [6.45, 7) is 0. The maximum atomic E-state index is 11.1. The fourth-order valence-electron chi connectivity index (χ4n) is 2.22. The second kappa shape index (κ2) is 6.16. The minimum absolute atomic E-state index is 0.202. The van der Waals surface area contributed by atoms with Gasteiger partial charge in [0.25, 0.3) is 0 Å². The lowest BCUT2D eigenvalue weighted by Gasteiger charge is -2.01. The van der Waals surface area contributed by atoms with Gasteiger partial charge in [-0.3, -0.25) is 4.79 Å². The van der Waals surface area contributed by atoms with Crippen molar-refractivity contribution in [3.05, 3.63) is 65.5 Å². The molecular formula is C18H12N2O3. The third kappa shape index (κ3) is 3.27. The first-order valence-electron chi connectivity index (χ1n) is 6.94.